The lowest BCUT2D eigenvalue weighted by molar-refractivity contribution is -0.136. The first-order valence-electron chi connectivity index (χ1n) is 8.31. The van der Waals surface area contributed by atoms with Gasteiger partial charge < -0.3 is 9.80 Å². The van der Waals surface area contributed by atoms with Gasteiger partial charge >= 0.3 is 0 Å². The fourth-order valence-corrected chi connectivity index (χ4v) is 4.18. The number of fused-ring (bicyclic) bond motifs is 1. The molecule has 1 aliphatic heterocycles. The quantitative estimate of drug-likeness (QED) is 0.833. The van der Waals surface area contributed by atoms with Gasteiger partial charge in [0, 0.05) is 37.8 Å². The molecule has 21 heavy (non-hydrogen) atoms. The summed E-state index contributed by atoms with van der Waals surface area (Å²) < 4.78 is 0. The van der Waals surface area contributed by atoms with Crippen molar-refractivity contribution < 1.29 is 4.79 Å². The predicted octanol–water partition coefficient (Wildman–Crippen LogP) is 2.69. The lowest BCUT2D eigenvalue weighted by Crippen LogP contribution is -2.50. The van der Waals surface area contributed by atoms with E-state index in [0.717, 1.165) is 38.0 Å². The van der Waals surface area contributed by atoms with Crippen LogP contribution in [0.3, 0.4) is 0 Å². The minimum atomic E-state index is 0.347. The molecule has 2 aliphatic carbocycles. The number of rotatable bonds is 2. The molecular formula is C18H24N2O. The van der Waals surface area contributed by atoms with Gasteiger partial charge in [0.15, 0.2) is 0 Å². The molecule has 1 saturated heterocycles. The summed E-state index contributed by atoms with van der Waals surface area (Å²) in [6, 6.07) is 8.67. The summed E-state index contributed by atoms with van der Waals surface area (Å²) in [5.41, 5.74) is 2.60. The maximum Gasteiger partial charge on any atom is 0.225 e. The molecule has 1 aromatic carbocycles. The summed E-state index contributed by atoms with van der Waals surface area (Å²) in [6.45, 7) is 5.84. The van der Waals surface area contributed by atoms with Crippen molar-refractivity contribution in [2.24, 2.45) is 17.8 Å². The number of nitrogens with zero attached hydrogens (tertiary/aromatic N) is 2. The third kappa shape index (κ3) is 2.54. The fraction of sp³-hybridized carbons (Fsp3) is 0.611. The van der Waals surface area contributed by atoms with E-state index in [4.69, 9.17) is 0 Å². The highest BCUT2D eigenvalue weighted by molar-refractivity contribution is 5.79. The number of hydrogen-bond acceptors (Lipinski definition) is 2. The number of aryl methyl sites for hydroxylation is 1. The standard InChI is InChI=1S/C18H24N2O/c1-13-3-2-4-17(9-13)19-5-7-20(8-6-19)18(21)16-11-14-10-15(14)12-16/h2-4,9,14-16H,5-8,10-12H2,1H3. The molecule has 2 unspecified atom stereocenters. The normalized spacial score (nSPS) is 31.2. The summed E-state index contributed by atoms with van der Waals surface area (Å²) in [7, 11) is 0. The average molecular weight is 284 g/mol. The second kappa shape index (κ2) is 5.04. The van der Waals surface area contributed by atoms with Crippen LogP contribution in [0.2, 0.25) is 0 Å². The number of benzene rings is 1. The predicted molar refractivity (Wildman–Crippen MR) is 84.3 cm³/mol. The summed E-state index contributed by atoms with van der Waals surface area (Å²) in [4.78, 5) is 17.1. The van der Waals surface area contributed by atoms with Gasteiger partial charge in [0.1, 0.15) is 0 Å². The van der Waals surface area contributed by atoms with Crippen LogP contribution in [0.1, 0.15) is 24.8 Å². The van der Waals surface area contributed by atoms with E-state index in [-0.39, 0.29) is 0 Å². The van der Waals surface area contributed by atoms with Crippen LogP contribution >= 0.6 is 0 Å². The van der Waals surface area contributed by atoms with Gasteiger partial charge in [-0.15, -0.1) is 0 Å². The highest BCUT2D eigenvalue weighted by Crippen LogP contribution is 2.54. The summed E-state index contributed by atoms with van der Waals surface area (Å²) >= 11 is 0. The third-order valence-electron chi connectivity index (χ3n) is 5.55. The van der Waals surface area contributed by atoms with E-state index in [1.54, 1.807) is 0 Å². The van der Waals surface area contributed by atoms with Gasteiger partial charge in [-0.05, 0) is 55.7 Å². The zero-order valence-corrected chi connectivity index (χ0v) is 12.8. The first-order chi connectivity index (χ1) is 10.2. The molecule has 0 aromatic heterocycles. The maximum absolute atomic E-state index is 12.6. The van der Waals surface area contributed by atoms with Gasteiger partial charge in [-0.1, -0.05) is 12.1 Å². The van der Waals surface area contributed by atoms with Crippen LogP contribution in [0.15, 0.2) is 24.3 Å². The molecular weight excluding hydrogens is 260 g/mol. The Hall–Kier alpha value is -1.51. The Bertz CT molecular complexity index is 538. The molecule has 1 amide bonds. The molecule has 3 heteroatoms. The van der Waals surface area contributed by atoms with Crippen LogP contribution in [-0.4, -0.2) is 37.0 Å². The molecule has 3 fully saturated rings. The Morgan fingerprint density at radius 2 is 1.76 bits per heavy atom. The van der Waals surface area contributed by atoms with E-state index in [1.165, 1.54) is 30.5 Å². The molecule has 0 spiro atoms. The molecule has 2 saturated carbocycles. The second-order valence-electron chi connectivity index (χ2n) is 7.08. The molecule has 4 rings (SSSR count). The Kier molecular flexibility index (Phi) is 3.16. The minimum absolute atomic E-state index is 0.347. The van der Waals surface area contributed by atoms with Crippen LogP contribution in [-0.2, 0) is 4.79 Å². The lowest BCUT2D eigenvalue weighted by atomic mass is 10.0. The van der Waals surface area contributed by atoms with Crippen molar-refractivity contribution in [2.75, 3.05) is 31.1 Å². The Morgan fingerprint density at radius 1 is 1.05 bits per heavy atom. The Morgan fingerprint density at radius 3 is 2.43 bits per heavy atom. The van der Waals surface area contributed by atoms with Crippen LogP contribution in [0, 0.1) is 24.7 Å². The molecule has 0 bridgehead atoms. The zero-order chi connectivity index (χ0) is 14.4. The van der Waals surface area contributed by atoms with Crippen molar-refractivity contribution in [3.63, 3.8) is 0 Å². The van der Waals surface area contributed by atoms with Gasteiger partial charge in [0.2, 0.25) is 5.91 Å². The van der Waals surface area contributed by atoms with Crippen molar-refractivity contribution in [1.82, 2.24) is 4.90 Å². The van der Waals surface area contributed by atoms with Crippen molar-refractivity contribution in [3.8, 4) is 0 Å². The van der Waals surface area contributed by atoms with Crippen LogP contribution in [0.25, 0.3) is 0 Å². The van der Waals surface area contributed by atoms with Crippen molar-refractivity contribution in [1.29, 1.82) is 0 Å². The largest absolute Gasteiger partial charge is 0.368 e. The maximum atomic E-state index is 12.6. The lowest BCUT2D eigenvalue weighted by Gasteiger charge is -2.37. The Labute approximate surface area is 126 Å². The van der Waals surface area contributed by atoms with Crippen LogP contribution < -0.4 is 4.90 Å². The average Bonchev–Trinajstić information content (AvgIpc) is 3.13. The van der Waals surface area contributed by atoms with Gasteiger partial charge in [-0.2, -0.15) is 0 Å². The first-order valence-corrected chi connectivity index (χ1v) is 8.31. The van der Waals surface area contributed by atoms with Gasteiger partial charge in [-0.3, -0.25) is 4.79 Å². The van der Waals surface area contributed by atoms with Crippen molar-refractivity contribution in [3.05, 3.63) is 29.8 Å². The number of hydrogen-bond donors (Lipinski definition) is 0. The summed E-state index contributed by atoms with van der Waals surface area (Å²) in [5, 5.41) is 0. The van der Waals surface area contributed by atoms with E-state index in [0.29, 0.717) is 11.8 Å². The van der Waals surface area contributed by atoms with Gasteiger partial charge in [-0.25, -0.2) is 0 Å². The van der Waals surface area contributed by atoms with Crippen molar-refractivity contribution in [2.45, 2.75) is 26.2 Å². The fourth-order valence-electron chi connectivity index (χ4n) is 4.18. The molecule has 2 atom stereocenters. The molecule has 3 nitrogen and oxygen atoms in total. The number of carbonyl (C=O) groups excluding carboxylic acids is 1. The van der Waals surface area contributed by atoms with Crippen LogP contribution in [0.4, 0.5) is 5.69 Å². The molecule has 3 aliphatic rings. The summed E-state index contributed by atoms with van der Waals surface area (Å²) in [5.74, 6) is 2.57. The minimum Gasteiger partial charge on any atom is -0.368 e. The zero-order valence-electron chi connectivity index (χ0n) is 12.8. The molecule has 0 radical (unpaired) electrons. The van der Waals surface area contributed by atoms with E-state index >= 15 is 0 Å². The number of piperazine rings is 1. The van der Waals surface area contributed by atoms with E-state index in [2.05, 4.69) is 41.0 Å². The van der Waals surface area contributed by atoms with Crippen molar-refractivity contribution >= 4 is 11.6 Å². The molecule has 112 valence electrons. The van der Waals surface area contributed by atoms with Crippen LogP contribution in [0.5, 0.6) is 0 Å². The monoisotopic (exact) mass is 284 g/mol. The molecule has 0 N–H and O–H groups in total. The van der Waals surface area contributed by atoms with Gasteiger partial charge in [0.05, 0.1) is 0 Å². The SMILES string of the molecule is Cc1cccc(N2CCN(C(=O)C3CC4CC4C3)CC2)c1. The van der Waals surface area contributed by atoms with Gasteiger partial charge in [0.25, 0.3) is 0 Å². The highest BCUT2D eigenvalue weighted by Gasteiger charge is 2.48. The van der Waals surface area contributed by atoms with E-state index in [1.807, 2.05) is 0 Å². The number of anilines is 1. The third-order valence-corrected chi connectivity index (χ3v) is 5.55. The summed E-state index contributed by atoms with van der Waals surface area (Å²) in [6.07, 6.45) is 3.73. The highest BCUT2D eigenvalue weighted by atomic mass is 16.2. The molecule has 1 aromatic rings. The first kappa shape index (κ1) is 13.2. The molecule has 1 heterocycles. The van der Waals surface area contributed by atoms with E-state index in [9.17, 15) is 4.79 Å². The second-order valence-corrected chi connectivity index (χ2v) is 7.08. The van der Waals surface area contributed by atoms with E-state index < -0.39 is 0 Å². The smallest absolute Gasteiger partial charge is 0.225 e. The topological polar surface area (TPSA) is 23.6 Å². The Balaban J connectivity index is 1.35. The number of carbonyl (C=O) groups is 1. The number of amides is 1.